The number of hydrogen-bond donors (Lipinski definition) is 0. The number of para-hydroxylation sites is 1. The Morgan fingerprint density at radius 3 is 2.65 bits per heavy atom. The number of benzene rings is 2. The van der Waals surface area contributed by atoms with Crippen LogP contribution in [0.15, 0.2) is 47.5 Å². The van der Waals surface area contributed by atoms with Gasteiger partial charge in [0.25, 0.3) is 5.91 Å². The average Bonchev–Trinajstić information content (AvgIpc) is 2.87. The smallest absolute Gasteiger partial charge is 0.278 e. The van der Waals surface area contributed by atoms with Gasteiger partial charge in [-0.1, -0.05) is 25.1 Å². The first kappa shape index (κ1) is 16.8. The molecule has 4 rings (SSSR count). The number of anilines is 1. The Hall–Kier alpha value is -2.62. The van der Waals surface area contributed by atoms with Gasteiger partial charge in [-0.3, -0.25) is 4.79 Å². The Balaban J connectivity index is 1.96. The van der Waals surface area contributed by atoms with Gasteiger partial charge < -0.3 is 9.64 Å². The van der Waals surface area contributed by atoms with Crippen LogP contribution in [-0.4, -0.2) is 23.8 Å². The van der Waals surface area contributed by atoms with Crippen molar-refractivity contribution in [2.75, 3.05) is 11.5 Å². The lowest BCUT2D eigenvalue weighted by Gasteiger charge is -2.43. The molecule has 4 nitrogen and oxygen atoms in total. The van der Waals surface area contributed by atoms with Gasteiger partial charge in [0.1, 0.15) is 11.5 Å². The van der Waals surface area contributed by atoms with E-state index in [2.05, 4.69) is 26.8 Å². The molecule has 0 N–H and O–H groups in total. The fraction of sp³-hybridized carbons (Fsp3) is 0.364. The summed E-state index contributed by atoms with van der Waals surface area (Å²) in [5.41, 5.74) is 4.14. The normalized spacial score (nSPS) is 21.8. The standard InChI is InChI=1S/C22H24N2O2/c1-5-26-16-11-17-14(2)13-22(3,4)24-20(17)18(12-16)19(21(24)25)23-15-9-7-6-8-10-15/h6-12,14H,5,13H2,1-4H3/t14-/m1/s1. The van der Waals surface area contributed by atoms with E-state index in [4.69, 9.17) is 9.73 Å². The largest absolute Gasteiger partial charge is 0.494 e. The van der Waals surface area contributed by atoms with Gasteiger partial charge >= 0.3 is 0 Å². The second kappa shape index (κ2) is 5.97. The predicted octanol–water partition coefficient (Wildman–Crippen LogP) is 4.84. The van der Waals surface area contributed by atoms with Crippen molar-refractivity contribution in [1.82, 2.24) is 0 Å². The number of hydrogen-bond acceptors (Lipinski definition) is 3. The van der Waals surface area contributed by atoms with Crippen LogP contribution in [0.25, 0.3) is 0 Å². The first-order valence-electron chi connectivity index (χ1n) is 9.22. The molecule has 0 spiro atoms. The van der Waals surface area contributed by atoms with Crippen molar-refractivity contribution < 1.29 is 9.53 Å². The van der Waals surface area contributed by atoms with Crippen LogP contribution >= 0.6 is 0 Å². The van der Waals surface area contributed by atoms with Crippen LogP contribution in [0.5, 0.6) is 5.75 Å². The molecule has 4 heteroatoms. The molecule has 1 atom stereocenters. The highest BCUT2D eigenvalue weighted by Gasteiger charge is 2.48. The molecule has 0 aromatic heterocycles. The molecular formula is C22H24N2O2. The summed E-state index contributed by atoms with van der Waals surface area (Å²) in [7, 11) is 0. The highest BCUT2D eigenvalue weighted by atomic mass is 16.5. The van der Waals surface area contributed by atoms with Crippen LogP contribution in [0.3, 0.4) is 0 Å². The summed E-state index contributed by atoms with van der Waals surface area (Å²) in [6, 6.07) is 13.7. The predicted molar refractivity (Wildman–Crippen MR) is 105 cm³/mol. The molecule has 2 aromatic rings. The zero-order chi connectivity index (χ0) is 18.5. The van der Waals surface area contributed by atoms with Crippen molar-refractivity contribution in [3.8, 4) is 5.75 Å². The molecule has 0 saturated carbocycles. The zero-order valence-electron chi connectivity index (χ0n) is 15.7. The van der Waals surface area contributed by atoms with E-state index in [1.807, 2.05) is 48.2 Å². The van der Waals surface area contributed by atoms with Crippen LogP contribution in [0.4, 0.5) is 11.4 Å². The third kappa shape index (κ3) is 2.52. The summed E-state index contributed by atoms with van der Waals surface area (Å²) in [4.78, 5) is 20.0. The third-order valence-corrected chi connectivity index (χ3v) is 5.25. The van der Waals surface area contributed by atoms with Crippen molar-refractivity contribution in [3.05, 3.63) is 53.6 Å². The van der Waals surface area contributed by atoms with Gasteiger partial charge in [0.15, 0.2) is 0 Å². The van der Waals surface area contributed by atoms with Gasteiger partial charge in [-0.05, 0) is 62.9 Å². The number of amides is 1. The van der Waals surface area contributed by atoms with E-state index in [9.17, 15) is 4.79 Å². The lowest BCUT2D eigenvalue weighted by Crippen LogP contribution is -2.50. The number of ether oxygens (including phenoxy) is 1. The fourth-order valence-corrected chi connectivity index (χ4v) is 4.28. The number of nitrogens with zero attached hydrogens (tertiary/aromatic N) is 2. The number of aliphatic imine (C=N–C) groups is 1. The SMILES string of the molecule is CCOc1cc2c3c(c1)[C@H](C)CC(C)(C)N3C(=O)C2=Nc1ccccc1. The maximum atomic E-state index is 13.3. The van der Waals surface area contributed by atoms with E-state index in [1.54, 1.807) is 0 Å². The van der Waals surface area contributed by atoms with E-state index < -0.39 is 0 Å². The summed E-state index contributed by atoms with van der Waals surface area (Å²) in [6.45, 7) is 9.07. The quantitative estimate of drug-likeness (QED) is 0.796. The van der Waals surface area contributed by atoms with Crippen molar-refractivity contribution in [2.45, 2.75) is 45.6 Å². The van der Waals surface area contributed by atoms with Crippen molar-refractivity contribution >= 4 is 23.0 Å². The molecular weight excluding hydrogens is 324 g/mol. The number of rotatable bonds is 3. The first-order chi connectivity index (χ1) is 12.4. The van der Waals surface area contributed by atoms with E-state index in [1.165, 1.54) is 5.56 Å². The molecule has 0 fully saturated rings. The minimum atomic E-state index is -0.237. The van der Waals surface area contributed by atoms with Crippen molar-refractivity contribution in [1.29, 1.82) is 0 Å². The van der Waals surface area contributed by atoms with E-state index >= 15 is 0 Å². The van der Waals surface area contributed by atoms with Crippen LogP contribution in [-0.2, 0) is 4.79 Å². The summed E-state index contributed by atoms with van der Waals surface area (Å²) in [5, 5.41) is 0. The molecule has 0 unspecified atom stereocenters. The Bertz CT molecular complexity index is 900. The Morgan fingerprint density at radius 2 is 1.96 bits per heavy atom. The van der Waals surface area contributed by atoms with Gasteiger partial charge in [0.05, 0.1) is 18.0 Å². The lowest BCUT2D eigenvalue weighted by atomic mass is 9.80. The van der Waals surface area contributed by atoms with E-state index in [-0.39, 0.29) is 11.4 Å². The molecule has 2 aliphatic rings. The molecule has 2 heterocycles. The zero-order valence-corrected chi connectivity index (χ0v) is 15.7. The molecule has 2 aromatic carbocycles. The molecule has 26 heavy (non-hydrogen) atoms. The fourth-order valence-electron chi connectivity index (χ4n) is 4.28. The van der Waals surface area contributed by atoms with Crippen LogP contribution in [0.1, 0.15) is 51.2 Å². The summed E-state index contributed by atoms with van der Waals surface area (Å²) < 4.78 is 5.78. The number of carbonyl (C=O) groups is 1. The molecule has 0 bridgehead atoms. The minimum absolute atomic E-state index is 0.0179. The Morgan fingerprint density at radius 1 is 1.23 bits per heavy atom. The van der Waals surface area contributed by atoms with Gasteiger partial charge in [0, 0.05) is 11.1 Å². The average molecular weight is 348 g/mol. The second-order valence-electron chi connectivity index (χ2n) is 7.70. The van der Waals surface area contributed by atoms with Crippen LogP contribution in [0.2, 0.25) is 0 Å². The molecule has 1 amide bonds. The molecule has 134 valence electrons. The Labute approximate surface area is 154 Å². The molecule has 0 radical (unpaired) electrons. The summed E-state index contributed by atoms with van der Waals surface area (Å²) in [6.07, 6.45) is 0.916. The van der Waals surface area contributed by atoms with E-state index in [0.29, 0.717) is 18.2 Å². The van der Waals surface area contributed by atoms with Gasteiger partial charge in [-0.2, -0.15) is 0 Å². The molecule has 2 aliphatic heterocycles. The monoisotopic (exact) mass is 348 g/mol. The Kier molecular flexibility index (Phi) is 3.87. The van der Waals surface area contributed by atoms with Gasteiger partial charge in [0.2, 0.25) is 0 Å². The highest BCUT2D eigenvalue weighted by molar-refractivity contribution is 6.55. The topological polar surface area (TPSA) is 41.9 Å². The van der Waals surface area contributed by atoms with Gasteiger partial charge in [-0.25, -0.2) is 4.99 Å². The maximum absolute atomic E-state index is 13.3. The van der Waals surface area contributed by atoms with Crippen molar-refractivity contribution in [3.63, 3.8) is 0 Å². The minimum Gasteiger partial charge on any atom is -0.494 e. The summed E-state index contributed by atoms with van der Waals surface area (Å²) in [5.74, 6) is 1.15. The van der Waals surface area contributed by atoms with Crippen molar-refractivity contribution in [2.24, 2.45) is 4.99 Å². The first-order valence-corrected chi connectivity index (χ1v) is 9.22. The third-order valence-electron chi connectivity index (χ3n) is 5.25. The lowest BCUT2D eigenvalue weighted by molar-refractivity contribution is -0.113. The number of carbonyl (C=O) groups excluding carboxylic acids is 1. The molecule has 0 aliphatic carbocycles. The van der Waals surface area contributed by atoms with Crippen LogP contribution in [0, 0.1) is 0 Å². The summed E-state index contributed by atoms with van der Waals surface area (Å²) >= 11 is 0. The van der Waals surface area contributed by atoms with E-state index in [0.717, 1.165) is 29.1 Å². The van der Waals surface area contributed by atoms with Gasteiger partial charge in [-0.15, -0.1) is 0 Å². The highest BCUT2D eigenvalue weighted by Crippen LogP contribution is 2.50. The molecule has 0 saturated heterocycles. The maximum Gasteiger partial charge on any atom is 0.278 e. The second-order valence-corrected chi connectivity index (χ2v) is 7.70. The van der Waals surface area contributed by atoms with Crippen LogP contribution < -0.4 is 9.64 Å².